The lowest BCUT2D eigenvalue weighted by Crippen LogP contribution is -2.76. The number of fused-ring (bicyclic) bond motifs is 2. The van der Waals surface area contributed by atoms with E-state index in [1.165, 1.54) is 12.3 Å². The number of hydrogen-bond donors (Lipinski definition) is 1. The minimum atomic E-state index is -0.683. The van der Waals surface area contributed by atoms with E-state index in [0.29, 0.717) is 11.3 Å². The van der Waals surface area contributed by atoms with Crippen molar-refractivity contribution < 1.29 is 14.0 Å². The lowest BCUT2D eigenvalue weighted by Gasteiger charge is -2.61. The zero-order chi connectivity index (χ0) is 21.6. The molecule has 0 radical (unpaired) electrons. The Morgan fingerprint density at radius 1 is 1.16 bits per heavy atom. The molecule has 5 rings (SSSR count). The van der Waals surface area contributed by atoms with Crippen molar-refractivity contribution in [2.45, 2.75) is 57.0 Å². The molecule has 0 saturated carbocycles. The Labute approximate surface area is 181 Å². The van der Waals surface area contributed by atoms with Crippen molar-refractivity contribution in [3.05, 3.63) is 48.0 Å². The number of nitrogens with zero attached hydrogens (tertiary/aromatic N) is 3. The van der Waals surface area contributed by atoms with E-state index in [1.54, 1.807) is 11.1 Å². The summed E-state index contributed by atoms with van der Waals surface area (Å²) in [6.45, 7) is 3.53. The van der Waals surface area contributed by atoms with Crippen LogP contribution in [0, 0.1) is 12.7 Å². The highest BCUT2D eigenvalue weighted by Gasteiger charge is 2.62. The van der Waals surface area contributed by atoms with E-state index in [-0.39, 0.29) is 18.0 Å². The fraction of sp³-hybridized carbons (Fsp3) is 0.458. The molecular weight excluding hydrogens is 395 g/mol. The minimum Gasteiger partial charge on any atom is -0.341 e. The highest BCUT2D eigenvalue weighted by Crippen LogP contribution is 2.49. The van der Waals surface area contributed by atoms with Gasteiger partial charge >= 0.3 is 6.03 Å². The molecule has 31 heavy (non-hydrogen) atoms. The van der Waals surface area contributed by atoms with Crippen LogP contribution in [0.2, 0.25) is 0 Å². The van der Waals surface area contributed by atoms with Crippen molar-refractivity contribution in [1.82, 2.24) is 14.8 Å². The number of hydrogen-bond acceptors (Lipinski definition) is 3. The van der Waals surface area contributed by atoms with E-state index in [1.807, 2.05) is 30.0 Å². The van der Waals surface area contributed by atoms with Gasteiger partial charge in [-0.25, -0.2) is 9.18 Å². The number of urea groups is 1. The van der Waals surface area contributed by atoms with Gasteiger partial charge in [-0.15, -0.1) is 0 Å². The summed E-state index contributed by atoms with van der Waals surface area (Å²) in [5, 5.41) is 3.00. The van der Waals surface area contributed by atoms with Crippen LogP contribution < -0.4 is 5.32 Å². The summed E-state index contributed by atoms with van der Waals surface area (Å²) < 4.78 is 13.7. The van der Waals surface area contributed by atoms with Gasteiger partial charge in [-0.1, -0.05) is 6.07 Å². The molecule has 2 unspecified atom stereocenters. The number of nitrogens with one attached hydrogen (secondary N) is 1. The van der Waals surface area contributed by atoms with Crippen molar-refractivity contribution in [2.75, 3.05) is 18.4 Å². The molecule has 4 heterocycles. The van der Waals surface area contributed by atoms with Crippen LogP contribution in [0.15, 0.2) is 36.7 Å². The molecule has 7 heteroatoms. The first-order valence-corrected chi connectivity index (χ1v) is 11.1. The molecule has 0 aliphatic carbocycles. The summed E-state index contributed by atoms with van der Waals surface area (Å²) in [5.74, 6) is -0.284. The van der Waals surface area contributed by atoms with Crippen molar-refractivity contribution in [3.8, 4) is 11.1 Å². The van der Waals surface area contributed by atoms with Gasteiger partial charge in [0.05, 0.1) is 6.20 Å². The van der Waals surface area contributed by atoms with Crippen molar-refractivity contribution in [1.29, 1.82) is 0 Å². The maximum absolute atomic E-state index is 13.7. The number of benzene rings is 1. The number of rotatable bonds is 3. The molecule has 2 bridgehead atoms. The fourth-order valence-corrected chi connectivity index (χ4v) is 5.53. The molecule has 0 spiro atoms. The summed E-state index contributed by atoms with van der Waals surface area (Å²) in [5.41, 5.74) is 2.39. The van der Waals surface area contributed by atoms with Crippen LogP contribution in [0.4, 0.5) is 14.9 Å². The van der Waals surface area contributed by atoms with Gasteiger partial charge in [-0.2, -0.15) is 0 Å². The number of anilines is 1. The first kappa shape index (κ1) is 20.0. The smallest absolute Gasteiger partial charge is 0.323 e. The lowest BCUT2D eigenvalue weighted by molar-refractivity contribution is -0.161. The topological polar surface area (TPSA) is 65.5 Å². The fourth-order valence-electron chi connectivity index (χ4n) is 5.53. The number of carbonyl (C=O) groups is 2. The Bertz CT molecular complexity index is 1030. The van der Waals surface area contributed by atoms with E-state index in [9.17, 15) is 14.0 Å². The van der Waals surface area contributed by atoms with Gasteiger partial charge in [0, 0.05) is 43.0 Å². The number of pyridine rings is 1. The van der Waals surface area contributed by atoms with Gasteiger partial charge in [0.1, 0.15) is 11.4 Å². The lowest BCUT2D eigenvalue weighted by atomic mass is 9.67. The van der Waals surface area contributed by atoms with Crippen molar-refractivity contribution in [3.63, 3.8) is 0 Å². The number of carbonyl (C=O) groups excluding carboxylic acids is 2. The van der Waals surface area contributed by atoms with Crippen molar-refractivity contribution >= 4 is 17.6 Å². The van der Waals surface area contributed by atoms with Gasteiger partial charge in [0.2, 0.25) is 5.91 Å². The normalized spacial score (nSPS) is 24.6. The molecule has 3 aliphatic heterocycles. The maximum atomic E-state index is 13.7. The minimum absolute atomic E-state index is 0.117. The first-order chi connectivity index (χ1) is 15.0. The first-order valence-electron chi connectivity index (χ1n) is 11.1. The monoisotopic (exact) mass is 422 g/mol. The number of likely N-dealkylation sites (tertiary alicyclic amines) is 1. The highest BCUT2D eigenvalue weighted by atomic mass is 19.1. The number of amides is 3. The van der Waals surface area contributed by atoms with Crippen molar-refractivity contribution in [2.24, 2.45) is 0 Å². The largest absolute Gasteiger partial charge is 0.341 e. The van der Waals surface area contributed by atoms with E-state index < -0.39 is 11.4 Å². The molecule has 6 nitrogen and oxygen atoms in total. The number of piperidine rings is 1. The summed E-state index contributed by atoms with van der Waals surface area (Å²) in [7, 11) is 0. The molecule has 162 valence electrons. The molecule has 1 aromatic carbocycles. The Hall–Kier alpha value is -2.96. The van der Waals surface area contributed by atoms with Crippen LogP contribution in [0.1, 0.15) is 44.1 Å². The molecular formula is C24H27FN4O2. The van der Waals surface area contributed by atoms with Crippen LogP contribution in [-0.2, 0) is 4.79 Å². The number of aryl methyl sites for hydroxylation is 1. The predicted octanol–water partition coefficient (Wildman–Crippen LogP) is 4.35. The molecule has 2 atom stereocenters. The molecule has 3 aliphatic rings. The Morgan fingerprint density at radius 3 is 2.71 bits per heavy atom. The van der Waals surface area contributed by atoms with Crippen LogP contribution >= 0.6 is 0 Å². The van der Waals surface area contributed by atoms with E-state index in [0.717, 1.165) is 62.7 Å². The van der Waals surface area contributed by atoms with Gasteiger partial charge in [0.25, 0.3) is 0 Å². The molecule has 3 fully saturated rings. The molecule has 3 amide bonds. The van der Waals surface area contributed by atoms with Gasteiger partial charge in [-0.05, 0) is 68.4 Å². The third kappa shape index (κ3) is 3.36. The summed E-state index contributed by atoms with van der Waals surface area (Å²) >= 11 is 0. The SMILES string of the molecule is Cc1ccc(NC(=O)N2C3CCCC2(C(=O)N2CCCC2)C3)cc1-c1cncc(F)c1. The van der Waals surface area contributed by atoms with Crippen LogP contribution in [0.5, 0.6) is 0 Å². The third-order valence-corrected chi connectivity index (χ3v) is 7.04. The average molecular weight is 423 g/mol. The predicted molar refractivity (Wildman–Crippen MR) is 116 cm³/mol. The van der Waals surface area contributed by atoms with Crippen LogP contribution in [0.3, 0.4) is 0 Å². The molecule has 1 aromatic heterocycles. The zero-order valence-electron chi connectivity index (χ0n) is 17.7. The van der Waals surface area contributed by atoms with Crippen LogP contribution in [0.25, 0.3) is 11.1 Å². The second-order valence-electron chi connectivity index (χ2n) is 9.00. The highest BCUT2D eigenvalue weighted by molar-refractivity contribution is 5.98. The zero-order valence-corrected chi connectivity index (χ0v) is 17.7. The number of aromatic nitrogens is 1. The summed E-state index contributed by atoms with van der Waals surface area (Å²) in [6.07, 6.45) is 8.29. The van der Waals surface area contributed by atoms with Gasteiger partial charge in [0.15, 0.2) is 0 Å². The standard InChI is InChI=1S/C24H27FN4O2/c1-16-6-7-19(12-21(16)17-11-18(25)15-26-14-17)27-23(31)29-20-5-4-8-24(29,13-20)22(30)28-9-2-3-10-28/h6-7,11-12,14-15,20H,2-5,8-10,13H2,1H3,(H,27,31). The average Bonchev–Trinajstić information content (AvgIpc) is 3.29. The van der Waals surface area contributed by atoms with Gasteiger partial charge in [-0.3, -0.25) is 9.78 Å². The molecule has 2 aromatic rings. The Kier molecular flexibility index (Phi) is 4.91. The quantitative estimate of drug-likeness (QED) is 0.800. The second kappa shape index (κ2) is 7.62. The summed E-state index contributed by atoms with van der Waals surface area (Å²) in [6, 6.07) is 6.92. The Morgan fingerprint density at radius 2 is 1.97 bits per heavy atom. The van der Waals surface area contributed by atoms with E-state index >= 15 is 0 Å². The maximum Gasteiger partial charge on any atom is 0.323 e. The Balaban J connectivity index is 1.38. The van der Waals surface area contributed by atoms with Gasteiger partial charge < -0.3 is 15.1 Å². The molecule has 3 saturated heterocycles. The third-order valence-electron chi connectivity index (χ3n) is 7.04. The van der Waals surface area contributed by atoms with Crippen LogP contribution in [-0.4, -0.2) is 51.4 Å². The molecule has 1 N–H and O–H groups in total. The van der Waals surface area contributed by atoms with E-state index in [4.69, 9.17) is 0 Å². The number of halogens is 1. The second-order valence-corrected chi connectivity index (χ2v) is 9.00. The van der Waals surface area contributed by atoms with E-state index in [2.05, 4.69) is 10.3 Å². The summed E-state index contributed by atoms with van der Waals surface area (Å²) in [4.78, 5) is 34.3.